The molecule has 0 unspecified atom stereocenters. The van der Waals surface area contributed by atoms with Crippen LogP contribution in [0, 0.1) is 0 Å². The summed E-state index contributed by atoms with van der Waals surface area (Å²) in [7, 11) is 3.18. The summed E-state index contributed by atoms with van der Waals surface area (Å²) < 4.78 is 4.77. The van der Waals surface area contributed by atoms with Gasteiger partial charge in [0.1, 0.15) is 6.61 Å². The van der Waals surface area contributed by atoms with Crippen LogP contribution in [0.1, 0.15) is 10.4 Å². The molecule has 0 saturated heterocycles. The van der Waals surface area contributed by atoms with Crippen LogP contribution in [0.25, 0.3) is 6.08 Å². The quantitative estimate of drug-likeness (QED) is 0.794. The lowest BCUT2D eigenvalue weighted by atomic mass is 10.3. The molecule has 1 aromatic rings. The van der Waals surface area contributed by atoms with Gasteiger partial charge in [0.25, 0.3) is 0 Å². The number of carbonyl (C=O) groups is 2. The van der Waals surface area contributed by atoms with Crippen LogP contribution in [0.3, 0.4) is 0 Å². The number of likely N-dealkylation sites (N-methyl/N-ethyl adjacent to an activating group) is 1. The van der Waals surface area contributed by atoms with Gasteiger partial charge in [-0.25, -0.2) is 4.79 Å². The van der Waals surface area contributed by atoms with Gasteiger partial charge in [0.2, 0.25) is 5.91 Å². The number of hydrogen-bond donors (Lipinski definition) is 1. The van der Waals surface area contributed by atoms with Crippen LogP contribution in [-0.4, -0.2) is 42.6 Å². The Kier molecular flexibility index (Phi) is 5.54. The monoisotopic (exact) mass is 269 g/mol. The number of nitrogens with zero attached hydrogens (tertiary/aromatic N) is 1. The standard InChI is InChI=1S/C12H15NO4S/c1-13(11(14)7-17-2)6-10-5-9(8-18-10)3-4-12(15)16/h3-5,8H,6-7H2,1-2H3,(H,15,16). The van der Waals surface area contributed by atoms with Gasteiger partial charge in [-0.05, 0) is 23.1 Å². The fourth-order valence-electron chi connectivity index (χ4n) is 1.29. The Bertz CT molecular complexity index is 453. The fourth-order valence-corrected chi connectivity index (χ4v) is 2.20. The van der Waals surface area contributed by atoms with Gasteiger partial charge in [0.15, 0.2) is 0 Å². The van der Waals surface area contributed by atoms with Crippen molar-refractivity contribution in [1.82, 2.24) is 4.90 Å². The van der Waals surface area contributed by atoms with E-state index < -0.39 is 5.97 Å². The maximum atomic E-state index is 11.5. The van der Waals surface area contributed by atoms with Gasteiger partial charge in [-0.15, -0.1) is 11.3 Å². The number of thiophene rings is 1. The number of rotatable bonds is 6. The van der Waals surface area contributed by atoms with Crippen LogP contribution in [0.15, 0.2) is 17.5 Å². The fraction of sp³-hybridized carbons (Fsp3) is 0.333. The highest BCUT2D eigenvalue weighted by Gasteiger charge is 2.09. The molecule has 0 aromatic carbocycles. The van der Waals surface area contributed by atoms with Crippen molar-refractivity contribution in [2.45, 2.75) is 6.54 Å². The number of amides is 1. The van der Waals surface area contributed by atoms with E-state index in [0.29, 0.717) is 6.54 Å². The molecular formula is C12H15NO4S. The van der Waals surface area contributed by atoms with Gasteiger partial charge in [-0.2, -0.15) is 0 Å². The molecule has 0 fully saturated rings. The molecule has 0 spiro atoms. The van der Waals surface area contributed by atoms with Gasteiger partial charge < -0.3 is 14.7 Å². The molecule has 5 nitrogen and oxygen atoms in total. The van der Waals surface area contributed by atoms with Crippen molar-refractivity contribution in [1.29, 1.82) is 0 Å². The molecule has 1 heterocycles. The van der Waals surface area contributed by atoms with Crippen molar-refractivity contribution >= 4 is 29.3 Å². The number of carboxylic acid groups (broad SMARTS) is 1. The molecule has 1 amide bonds. The van der Waals surface area contributed by atoms with Gasteiger partial charge in [0.05, 0.1) is 6.54 Å². The number of methoxy groups -OCH3 is 1. The molecule has 0 saturated carbocycles. The van der Waals surface area contributed by atoms with Crippen LogP contribution in [0.2, 0.25) is 0 Å². The van der Waals surface area contributed by atoms with E-state index in [-0.39, 0.29) is 12.5 Å². The van der Waals surface area contributed by atoms with Crippen LogP contribution in [0.4, 0.5) is 0 Å². The second-order valence-corrected chi connectivity index (χ2v) is 4.70. The molecule has 0 aliphatic rings. The maximum absolute atomic E-state index is 11.5. The van der Waals surface area contributed by atoms with Gasteiger partial charge >= 0.3 is 5.97 Å². The summed E-state index contributed by atoms with van der Waals surface area (Å²) in [6.07, 6.45) is 2.62. The van der Waals surface area contributed by atoms with Crippen molar-refractivity contribution in [3.63, 3.8) is 0 Å². The first-order chi connectivity index (χ1) is 8.52. The third-order valence-corrected chi connectivity index (χ3v) is 3.12. The van der Waals surface area contributed by atoms with E-state index in [0.717, 1.165) is 16.5 Å². The molecule has 98 valence electrons. The summed E-state index contributed by atoms with van der Waals surface area (Å²) in [6, 6.07) is 1.86. The molecule has 0 radical (unpaired) electrons. The molecule has 1 rings (SSSR count). The zero-order valence-corrected chi connectivity index (χ0v) is 11.1. The van der Waals surface area contributed by atoms with Crippen molar-refractivity contribution in [3.05, 3.63) is 28.0 Å². The average molecular weight is 269 g/mol. The molecule has 0 aliphatic carbocycles. The first kappa shape index (κ1) is 14.4. The molecule has 6 heteroatoms. The van der Waals surface area contributed by atoms with E-state index >= 15 is 0 Å². The Morgan fingerprint density at radius 2 is 2.28 bits per heavy atom. The van der Waals surface area contributed by atoms with Crippen molar-refractivity contribution in [3.8, 4) is 0 Å². The second-order valence-electron chi connectivity index (χ2n) is 3.70. The maximum Gasteiger partial charge on any atom is 0.328 e. The minimum absolute atomic E-state index is 0.0631. The molecule has 0 atom stereocenters. The van der Waals surface area contributed by atoms with E-state index in [1.54, 1.807) is 11.9 Å². The highest BCUT2D eigenvalue weighted by Crippen LogP contribution is 2.17. The lowest BCUT2D eigenvalue weighted by molar-refractivity contribution is -0.134. The van der Waals surface area contributed by atoms with Gasteiger partial charge in [-0.3, -0.25) is 4.79 Å². The Morgan fingerprint density at radius 3 is 2.89 bits per heavy atom. The largest absolute Gasteiger partial charge is 0.478 e. The minimum atomic E-state index is -0.977. The Morgan fingerprint density at radius 1 is 1.56 bits per heavy atom. The summed E-state index contributed by atoms with van der Waals surface area (Å²) in [5.41, 5.74) is 0.824. The smallest absolute Gasteiger partial charge is 0.328 e. The zero-order valence-electron chi connectivity index (χ0n) is 10.3. The number of hydrogen-bond acceptors (Lipinski definition) is 4. The third kappa shape index (κ3) is 4.68. The summed E-state index contributed by atoms with van der Waals surface area (Å²) in [5, 5.41) is 10.4. The van der Waals surface area contributed by atoms with Gasteiger partial charge in [0, 0.05) is 25.1 Å². The second kappa shape index (κ2) is 6.93. The summed E-state index contributed by atoms with van der Waals surface area (Å²) in [5.74, 6) is -1.07. The Balaban J connectivity index is 2.58. The Labute approximate surface area is 109 Å². The third-order valence-electron chi connectivity index (χ3n) is 2.18. The van der Waals surface area contributed by atoms with E-state index in [9.17, 15) is 9.59 Å². The molecule has 1 aromatic heterocycles. The van der Waals surface area contributed by atoms with E-state index in [1.807, 2.05) is 11.4 Å². The minimum Gasteiger partial charge on any atom is -0.478 e. The van der Waals surface area contributed by atoms with Crippen molar-refractivity contribution in [2.24, 2.45) is 0 Å². The first-order valence-electron chi connectivity index (χ1n) is 5.24. The number of carbonyl (C=O) groups excluding carboxylic acids is 1. The zero-order chi connectivity index (χ0) is 13.5. The summed E-state index contributed by atoms with van der Waals surface area (Å²) in [4.78, 5) is 24.4. The molecule has 0 aliphatic heterocycles. The molecule has 0 bridgehead atoms. The topological polar surface area (TPSA) is 66.8 Å². The average Bonchev–Trinajstić information content (AvgIpc) is 2.74. The number of carboxylic acids is 1. The van der Waals surface area contributed by atoms with E-state index in [1.165, 1.54) is 24.5 Å². The van der Waals surface area contributed by atoms with Crippen molar-refractivity contribution in [2.75, 3.05) is 20.8 Å². The predicted octanol–water partition coefficient (Wildman–Crippen LogP) is 1.45. The van der Waals surface area contributed by atoms with Crippen molar-refractivity contribution < 1.29 is 19.4 Å². The van der Waals surface area contributed by atoms with E-state index in [4.69, 9.17) is 9.84 Å². The van der Waals surface area contributed by atoms with Gasteiger partial charge in [-0.1, -0.05) is 0 Å². The lowest BCUT2D eigenvalue weighted by Gasteiger charge is -2.15. The highest BCUT2D eigenvalue weighted by atomic mass is 32.1. The molecule has 18 heavy (non-hydrogen) atoms. The highest BCUT2D eigenvalue weighted by molar-refractivity contribution is 7.10. The predicted molar refractivity (Wildman–Crippen MR) is 69.3 cm³/mol. The number of aliphatic carboxylic acids is 1. The van der Waals surface area contributed by atoms with Crippen LogP contribution in [0.5, 0.6) is 0 Å². The van der Waals surface area contributed by atoms with Crippen LogP contribution >= 0.6 is 11.3 Å². The normalized spacial score (nSPS) is 10.8. The Hall–Kier alpha value is -1.66. The first-order valence-corrected chi connectivity index (χ1v) is 6.12. The summed E-state index contributed by atoms with van der Waals surface area (Å²) in [6.45, 7) is 0.557. The SMILES string of the molecule is COCC(=O)N(C)Cc1cc(C=CC(=O)O)cs1. The lowest BCUT2D eigenvalue weighted by Crippen LogP contribution is -2.29. The summed E-state index contributed by atoms with van der Waals surface area (Å²) >= 11 is 1.49. The van der Waals surface area contributed by atoms with E-state index in [2.05, 4.69) is 0 Å². The number of ether oxygens (including phenoxy) is 1. The molecule has 1 N–H and O–H groups in total. The van der Waals surface area contributed by atoms with Crippen LogP contribution in [-0.2, 0) is 20.9 Å². The van der Waals surface area contributed by atoms with Crippen LogP contribution < -0.4 is 0 Å². The molecular weight excluding hydrogens is 254 g/mol.